The summed E-state index contributed by atoms with van der Waals surface area (Å²) in [7, 11) is -3.52. The van der Waals surface area contributed by atoms with Gasteiger partial charge >= 0.3 is 0 Å². The summed E-state index contributed by atoms with van der Waals surface area (Å²) in [6.45, 7) is 7.01. The van der Waals surface area contributed by atoms with Crippen LogP contribution in [0.5, 0.6) is 0 Å². The normalized spacial score (nSPS) is 21.7. The van der Waals surface area contributed by atoms with Crippen LogP contribution in [0.15, 0.2) is 52.5 Å². The third-order valence-corrected chi connectivity index (χ3v) is 10.1. The molecule has 0 amide bonds. The number of sulfonamides is 1. The molecule has 3 aromatic rings. The maximum absolute atomic E-state index is 13.4. The van der Waals surface area contributed by atoms with Gasteiger partial charge in [0.25, 0.3) is 0 Å². The Bertz CT molecular complexity index is 1260. The lowest BCUT2D eigenvalue weighted by atomic mass is 10.0. The van der Waals surface area contributed by atoms with Crippen LogP contribution in [0, 0.1) is 5.92 Å². The Balaban J connectivity index is 1.45. The van der Waals surface area contributed by atoms with Crippen molar-refractivity contribution in [2.24, 2.45) is 5.92 Å². The zero-order valence-electron chi connectivity index (χ0n) is 20.7. The van der Waals surface area contributed by atoms with Gasteiger partial charge in [-0.3, -0.25) is 0 Å². The van der Waals surface area contributed by atoms with Gasteiger partial charge < -0.3 is 9.30 Å². The summed E-state index contributed by atoms with van der Waals surface area (Å²) in [5, 5.41) is 0.913. The maximum Gasteiger partial charge on any atom is 0.243 e. The summed E-state index contributed by atoms with van der Waals surface area (Å²) in [6.07, 6.45) is 5.33. The number of hydrogen-bond acceptors (Lipinski definition) is 5. The largest absolute Gasteiger partial charge is 0.376 e. The Hall–Kier alpha value is -1.87. The molecule has 6 nitrogen and oxygen atoms in total. The van der Waals surface area contributed by atoms with Crippen molar-refractivity contribution in [3.8, 4) is 0 Å². The Kier molecular flexibility index (Phi) is 7.53. The van der Waals surface area contributed by atoms with E-state index in [0.717, 1.165) is 67.2 Å². The van der Waals surface area contributed by atoms with E-state index < -0.39 is 10.0 Å². The third kappa shape index (κ3) is 5.45. The molecule has 2 unspecified atom stereocenters. The molecule has 2 aliphatic rings. The van der Waals surface area contributed by atoms with Crippen molar-refractivity contribution in [2.45, 2.75) is 74.4 Å². The molecular formula is C27H35N3O3S2. The number of nitrogens with zero attached hydrogens (tertiary/aromatic N) is 3. The van der Waals surface area contributed by atoms with Crippen molar-refractivity contribution in [2.75, 3.05) is 19.7 Å². The molecule has 2 atom stereocenters. The molecule has 2 fully saturated rings. The minimum absolute atomic E-state index is 0.175. The molecule has 1 aromatic heterocycles. The van der Waals surface area contributed by atoms with Gasteiger partial charge in [-0.1, -0.05) is 49.9 Å². The van der Waals surface area contributed by atoms with Gasteiger partial charge in [0, 0.05) is 25.4 Å². The highest BCUT2D eigenvalue weighted by atomic mass is 32.2. The Morgan fingerprint density at radius 1 is 1.09 bits per heavy atom. The Morgan fingerprint density at radius 3 is 2.60 bits per heavy atom. The van der Waals surface area contributed by atoms with Crippen molar-refractivity contribution in [3.63, 3.8) is 0 Å². The van der Waals surface area contributed by atoms with E-state index in [4.69, 9.17) is 9.72 Å². The van der Waals surface area contributed by atoms with Crippen LogP contribution in [-0.2, 0) is 33.5 Å². The van der Waals surface area contributed by atoms with Gasteiger partial charge in [-0.2, -0.15) is 4.31 Å². The SMILES string of the molecule is CCc1ccc(CSc2nc3cc(S(=O)(=O)N4CCCC(C)C4)ccc3n2CC2CCCO2)cc1. The van der Waals surface area contributed by atoms with Crippen LogP contribution in [0.25, 0.3) is 11.0 Å². The first-order valence-corrected chi connectivity index (χ1v) is 15.2. The van der Waals surface area contributed by atoms with E-state index in [9.17, 15) is 8.42 Å². The summed E-state index contributed by atoms with van der Waals surface area (Å²) in [6, 6.07) is 14.2. The molecule has 2 aliphatic heterocycles. The number of imidazole rings is 1. The van der Waals surface area contributed by atoms with E-state index in [1.54, 1.807) is 28.2 Å². The number of thioether (sulfide) groups is 1. The zero-order chi connectivity index (χ0) is 24.4. The molecule has 5 rings (SSSR count). The minimum atomic E-state index is -3.52. The molecule has 0 saturated carbocycles. The summed E-state index contributed by atoms with van der Waals surface area (Å²) in [5.74, 6) is 1.21. The predicted molar refractivity (Wildman–Crippen MR) is 141 cm³/mol. The smallest absolute Gasteiger partial charge is 0.243 e. The molecule has 0 bridgehead atoms. The van der Waals surface area contributed by atoms with Gasteiger partial charge in [-0.15, -0.1) is 0 Å². The number of aryl methyl sites for hydroxylation is 1. The standard InChI is InChI=1S/C27H35N3O3S2/c1-3-21-8-10-22(11-9-21)19-34-27-28-25-16-24(35(31,32)29-14-4-6-20(2)17-29)12-13-26(25)30(27)18-23-7-5-15-33-23/h8-13,16,20,23H,3-7,14-15,17-19H2,1-2H3. The van der Waals surface area contributed by atoms with Crippen LogP contribution < -0.4 is 0 Å². The minimum Gasteiger partial charge on any atom is -0.376 e. The van der Waals surface area contributed by atoms with Crippen LogP contribution in [0.2, 0.25) is 0 Å². The van der Waals surface area contributed by atoms with Crippen molar-refractivity contribution in [3.05, 3.63) is 53.6 Å². The van der Waals surface area contributed by atoms with Crippen LogP contribution in [0.3, 0.4) is 0 Å². The molecule has 0 spiro atoms. The third-order valence-electron chi connectivity index (χ3n) is 7.15. The molecule has 8 heteroatoms. The Morgan fingerprint density at radius 2 is 1.89 bits per heavy atom. The van der Waals surface area contributed by atoms with Gasteiger partial charge in [0.1, 0.15) is 0 Å². The van der Waals surface area contributed by atoms with E-state index in [1.807, 2.05) is 6.07 Å². The van der Waals surface area contributed by atoms with Crippen molar-refractivity contribution < 1.29 is 13.2 Å². The lowest BCUT2D eigenvalue weighted by Gasteiger charge is -2.30. The van der Waals surface area contributed by atoms with E-state index in [0.29, 0.717) is 23.9 Å². The van der Waals surface area contributed by atoms with Crippen LogP contribution >= 0.6 is 11.8 Å². The first-order valence-electron chi connectivity index (χ1n) is 12.8. The fraction of sp³-hybridized carbons (Fsp3) is 0.519. The number of hydrogen-bond donors (Lipinski definition) is 0. The molecular weight excluding hydrogens is 478 g/mol. The van der Waals surface area contributed by atoms with E-state index in [1.165, 1.54) is 11.1 Å². The first kappa shape index (κ1) is 24.8. The number of fused-ring (bicyclic) bond motifs is 1. The lowest BCUT2D eigenvalue weighted by Crippen LogP contribution is -2.39. The average molecular weight is 514 g/mol. The van der Waals surface area contributed by atoms with Gasteiger partial charge in [-0.25, -0.2) is 13.4 Å². The molecule has 2 aromatic carbocycles. The number of rotatable bonds is 8. The quantitative estimate of drug-likeness (QED) is 0.373. The summed E-state index contributed by atoms with van der Waals surface area (Å²) in [5.41, 5.74) is 4.29. The van der Waals surface area contributed by atoms with Gasteiger partial charge in [0.05, 0.1) is 28.6 Å². The molecule has 0 N–H and O–H groups in total. The Labute approximate surface area is 213 Å². The number of piperidine rings is 1. The topological polar surface area (TPSA) is 64.4 Å². The van der Waals surface area contributed by atoms with Crippen LogP contribution in [0.1, 0.15) is 50.7 Å². The molecule has 35 heavy (non-hydrogen) atoms. The summed E-state index contributed by atoms with van der Waals surface area (Å²) in [4.78, 5) is 5.27. The van der Waals surface area contributed by atoms with Crippen LogP contribution in [-0.4, -0.2) is 48.1 Å². The maximum atomic E-state index is 13.4. The van der Waals surface area contributed by atoms with Crippen molar-refractivity contribution >= 4 is 32.8 Å². The van der Waals surface area contributed by atoms with Gasteiger partial charge in [0.15, 0.2) is 5.16 Å². The van der Waals surface area contributed by atoms with E-state index >= 15 is 0 Å². The molecule has 0 aliphatic carbocycles. The van der Waals surface area contributed by atoms with E-state index in [2.05, 4.69) is 42.7 Å². The zero-order valence-corrected chi connectivity index (χ0v) is 22.3. The number of aromatic nitrogens is 2. The second kappa shape index (κ2) is 10.6. The molecule has 2 saturated heterocycles. The monoisotopic (exact) mass is 513 g/mol. The van der Waals surface area contributed by atoms with Gasteiger partial charge in [-0.05, 0) is 67.3 Å². The van der Waals surface area contributed by atoms with Crippen molar-refractivity contribution in [1.82, 2.24) is 13.9 Å². The van der Waals surface area contributed by atoms with Crippen LogP contribution in [0.4, 0.5) is 0 Å². The number of ether oxygens (including phenoxy) is 1. The summed E-state index contributed by atoms with van der Waals surface area (Å²) < 4.78 is 36.5. The van der Waals surface area contributed by atoms with Gasteiger partial charge in [0.2, 0.25) is 10.0 Å². The average Bonchev–Trinajstić information content (AvgIpc) is 3.51. The highest BCUT2D eigenvalue weighted by molar-refractivity contribution is 7.98. The highest BCUT2D eigenvalue weighted by Gasteiger charge is 2.29. The first-order chi connectivity index (χ1) is 16.9. The second-order valence-electron chi connectivity index (χ2n) is 9.86. The van der Waals surface area contributed by atoms with E-state index in [-0.39, 0.29) is 6.10 Å². The molecule has 0 radical (unpaired) electrons. The predicted octanol–water partition coefficient (Wildman–Crippen LogP) is 5.49. The highest BCUT2D eigenvalue weighted by Crippen LogP contribution is 2.31. The lowest BCUT2D eigenvalue weighted by molar-refractivity contribution is 0.0960. The summed E-state index contributed by atoms with van der Waals surface area (Å²) >= 11 is 1.70. The fourth-order valence-corrected chi connectivity index (χ4v) is 7.66. The molecule has 3 heterocycles. The van der Waals surface area contributed by atoms with Crippen molar-refractivity contribution in [1.29, 1.82) is 0 Å². The second-order valence-corrected chi connectivity index (χ2v) is 12.7. The number of benzene rings is 2. The fourth-order valence-electron chi connectivity index (χ4n) is 5.06. The molecule has 188 valence electrons.